The number of benzene rings is 1. The lowest BCUT2D eigenvalue weighted by molar-refractivity contribution is -0.116. The predicted octanol–water partition coefficient (Wildman–Crippen LogP) is 2.40. The SMILES string of the molecule is Cc1ccc(NC(=O)CCNCC2CCCO2)cc1C. The van der Waals surface area contributed by atoms with Gasteiger partial charge in [0.05, 0.1) is 6.10 Å². The topological polar surface area (TPSA) is 50.4 Å². The molecular formula is C16H24N2O2. The maximum Gasteiger partial charge on any atom is 0.225 e. The highest BCUT2D eigenvalue weighted by Crippen LogP contribution is 2.14. The monoisotopic (exact) mass is 276 g/mol. The van der Waals surface area contributed by atoms with Gasteiger partial charge in [-0.1, -0.05) is 6.07 Å². The van der Waals surface area contributed by atoms with Crippen LogP contribution < -0.4 is 10.6 Å². The summed E-state index contributed by atoms with van der Waals surface area (Å²) in [5.74, 6) is 0.0492. The number of carbonyl (C=O) groups excluding carboxylic acids is 1. The summed E-state index contributed by atoms with van der Waals surface area (Å²) in [5.41, 5.74) is 3.30. The lowest BCUT2D eigenvalue weighted by Gasteiger charge is -2.11. The van der Waals surface area contributed by atoms with E-state index in [0.717, 1.165) is 31.7 Å². The highest BCUT2D eigenvalue weighted by atomic mass is 16.5. The molecule has 0 aliphatic carbocycles. The molecule has 0 radical (unpaired) electrons. The number of anilines is 1. The molecule has 1 amide bonds. The maximum absolute atomic E-state index is 11.8. The molecule has 0 saturated carbocycles. The molecule has 2 N–H and O–H groups in total. The van der Waals surface area contributed by atoms with Crippen molar-refractivity contribution in [3.63, 3.8) is 0 Å². The molecule has 1 saturated heterocycles. The summed E-state index contributed by atoms with van der Waals surface area (Å²) in [6.45, 7) is 6.52. The number of rotatable bonds is 6. The van der Waals surface area contributed by atoms with Gasteiger partial charge in [0.1, 0.15) is 0 Å². The Bertz CT molecular complexity index is 454. The van der Waals surface area contributed by atoms with Gasteiger partial charge in [-0.05, 0) is 49.9 Å². The van der Waals surface area contributed by atoms with Gasteiger partial charge in [-0.2, -0.15) is 0 Å². The minimum atomic E-state index is 0.0492. The Morgan fingerprint density at radius 3 is 2.90 bits per heavy atom. The third kappa shape index (κ3) is 4.62. The van der Waals surface area contributed by atoms with Crippen LogP contribution in [-0.4, -0.2) is 31.7 Å². The molecule has 1 aromatic rings. The number of carbonyl (C=O) groups is 1. The number of aryl methyl sites for hydroxylation is 2. The third-order valence-corrected chi connectivity index (χ3v) is 3.72. The van der Waals surface area contributed by atoms with Gasteiger partial charge in [0.25, 0.3) is 0 Å². The summed E-state index contributed by atoms with van der Waals surface area (Å²) >= 11 is 0. The van der Waals surface area contributed by atoms with Crippen molar-refractivity contribution in [2.24, 2.45) is 0 Å². The number of hydrogen-bond acceptors (Lipinski definition) is 3. The fourth-order valence-electron chi connectivity index (χ4n) is 2.31. The van der Waals surface area contributed by atoms with Gasteiger partial charge in [-0.3, -0.25) is 4.79 Å². The second kappa shape index (κ2) is 7.41. The summed E-state index contributed by atoms with van der Waals surface area (Å²) in [4.78, 5) is 11.8. The molecule has 4 nitrogen and oxygen atoms in total. The van der Waals surface area contributed by atoms with Crippen LogP contribution in [0.2, 0.25) is 0 Å². The van der Waals surface area contributed by atoms with E-state index >= 15 is 0 Å². The molecule has 0 bridgehead atoms. The molecule has 1 fully saturated rings. The van der Waals surface area contributed by atoms with Crippen LogP contribution in [0, 0.1) is 13.8 Å². The molecule has 0 spiro atoms. The van der Waals surface area contributed by atoms with Crippen LogP contribution >= 0.6 is 0 Å². The largest absolute Gasteiger partial charge is 0.377 e. The highest BCUT2D eigenvalue weighted by molar-refractivity contribution is 5.90. The van der Waals surface area contributed by atoms with Crippen LogP contribution in [-0.2, 0) is 9.53 Å². The fraction of sp³-hybridized carbons (Fsp3) is 0.562. The van der Waals surface area contributed by atoms with Crippen molar-refractivity contribution < 1.29 is 9.53 Å². The first-order valence-electron chi connectivity index (χ1n) is 7.34. The molecule has 110 valence electrons. The quantitative estimate of drug-likeness (QED) is 0.784. The van der Waals surface area contributed by atoms with Crippen molar-refractivity contribution in [3.05, 3.63) is 29.3 Å². The van der Waals surface area contributed by atoms with Crippen LogP contribution in [0.5, 0.6) is 0 Å². The maximum atomic E-state index is 11.8. The zero-order valence-electron chi connectivity index (χ0n) is 12.4. The third-order valence-electron chi connectivity index (χ3n) is 3.72. The summed E-state index contributed by atoms with van der Waals surface area (Å²) < 4.78 is 5.52. The van der Waals surface area contributed by atoms with E-state index in [-0.39, 0.29) is 5.91 Å². The van der Waals surface area contributed by atoms with E-state index in [1.807, 2.05) is 25.1 Å². The van der Waals surface area contributed by atoms with E-state index in [2.05, 4.69) is 17.6 Å². The lowest BCUT2D eigenvalue weighted by atomic mass is 10.1. The first-order chi connectivity index (χ1) is 9.65. The standard InChI is InChI=1S/C16H24N2O2/c1-12-5-6-14(10-13(12)2)18-16(19)7-8-17-11-15-4-3-9-20-15/h5-6,10,15,17H,3-4,7-9,11H2,1-2H3,(H,18,19). The lowest BCUT2D eigenvalue weighted by Crippen LogP contribution is -2.29. The molecule has 1 aromatic carbocycles. The van der Waals surface area contributed by atoms with Crippen molar-refractivity contribution in [1.82, 2.24) is 5.32 Å². The second-order valence-corrected chi connectivity index (χ2v) is 5.44. The van der Waals surface area contributed by atoms with Gasteiger partial charge in [0.15, 0.2) is 0 Å². The number of ether oxygens (including phenoxy) is 1. The van der Waals surface area contributed by atoms with Crippen molar-refractivity contribution in [1.29, 1.82) is 0 Å². The smallest absolute Gasteiger partial charge is 0.225 e. The Labute approximate surface area is 120 Å². The molecule has 4 heteroatoms. The first kappa shape index (κ1) is 15.0. The van der Waals surface area contributed by atoms with E-state index in [0.29, 0.717) is 19.1 Å². The number of hydrogen-bond donors (Lipinski definition) is 2. The molecule has 1 aliphatic rings. The van der Waals surface area contributed by atoms with E-state index in [9.17, 15) is 4.79 Å². The van der Waals surface area contributed by atoms with E-state index in [4.69, 9.17) is 4.74 Å². The van der Waals surface area contributed by atoms with Crippen molar-refractivity contribution >= 4 is 11.6 Å². The Morgan fingerprint density at radius 1 is 1.35 bits per heavy atom. The van der Waals surface area contributed by atoms with Gasteiger partial charge in [0.2, 0.25) is 5.91 Å². The molecule has 2 rings (SSSR count). The zero-order valence-corrected chi connectivity index (χ0v) is 12.4. The van der Waals surface area contributed by atoms with Gasteiger partial charge in [-0.15, -0.1) is 0 Å². The minimum absolute atomic E-state index is 0.0492. The van der Waals surface area contributed by atoms with Crippen molar-refractivity contribution in [3.8, 4) is 0 Å². The van der Waals surface area contributed by atoms with Crippen LogP contribution in [0.25, 0.3) is 0 Å². The minimum Gasteiger partial charge on any atom is -0.377 e. The summed E-state index contributed by atoms with van der Waals surface area (Å²) in [6, 6.07) is 5.98. The van der Waals surface area contributed by atoms with Gasteiger partial charge in [0, 0.05) is 31.8 Å². The fourth-order valence-corrected chi connectivity index (χ4v) is 2.31. The van der Waals surface area contributed by atoms with Crippen LogP contribution in [0.15, 0.2) is 18.2 Å². The Morgan fingerprint density at radius 2 is 2.20 bits per heavy atom. The average molecular weight is 276 g/mol. The van der Waals surface area contributed by atoms with Crippen molar-refractivity contribution in [2.75, 3.05) is 25.0 Å². The average Bonchev–Trinajstić information content (AvgIpc) is 2.92. The van der Waals surface area contributed by atoms with Crippen LogP contribution in [0.4, 0.5) is 5.69 Å². The Hall–Kier alpha value is -1.39. The van der Waals surface area contributed by atoms with Gasteiger partial charge >= 0.3 is 0 Å². The molecule has 20 heavy (non-hydrogen) atoms. The number of nitrogens with one attached hydrogen (secondary N) is 2. The normalized spacial score (nSPS) is 18.2. The second-order valence-electron chi connectivity index (χ2n) is 5.44. The molecule has 1 heterocycles. The van der Waals surface area contributed by atoms with E-state index in [1.54, 1.807) is 0 Å². The first-order valence-corrected chi connectivity index (χ1v) is 7.34. The Kier molecular flexibility index (Phi) is 5.56. The molecule has 1 atom stereocenters. The molecular weight excluding hydrogens is 252 g/mol. The zero-order chi connectivity index (χ0) is 14.4. The summed E-state index contributed by atoms with van der Waals surface area (Å²) in [7, 11) is 0. The molecule has 1 unspecified atom stereocenters. The summed E-state index contributed by atoms with van der Waals surface area (Å²) in [5, 5.41) is 6.21. The van der Waals surface area contributed by atoms with E-state index in [1.165, 1.54) is 11.1 Å². The van der Waals surface area contributed by atoms with E-state index < -0.39 is 0 Å². The predicted molar refractivity (Wildman–Crippen MR) is 81.0 cm³/mol. The summed E-state index contributed by atoms with van der Waals surface area (Å²) in [6.07, 6.45) is 3.10. The van der Waals surface area contributed by atoms with Crippen LogP contribution in [0.1, 0.15) is 30.4 Å². The number of amides is 1. The molecule has 0 aromatic heterocycles. The van der Waals surface area contributed by atoms with Gasteiger partial charge in [-0.25, -0.2) is 0 Å². The highest BCUT2D eigenvalue weighted by Gasteiger charge is 2.14. The van der Waals surface area contributed by atoms with Gasteiger partial charge < -0.3 is 15.4 Å². The molecule has 1 aliphatic heterocycles. The van der Waals surface area contributed by atoms with Crippen LogP contribution in [0.3, 0.4) is 0 Å². The van der Waals surface area contributed by atoms with Crippen molar-refractivity contribution in [2.45, 2.75) is 39.2 Å². The Balaban J connectivity index is 1.65.